The van der Waals surface area contributed by atoms with Crippen molar-refractivity contribution in [2.24, 2.45) is 23.7 Å². The van der Waals surface area contributed by atoms with Crippen LogP contribution >= 0.6 is 0 Å². The van der Waals surface area contributed by atoms with E-state index in [1.54, 1.807) is 0 Å². The first-order valence-corrected chi connectivity index (χ1v) is 11.5. The molecule has 174 valence electrons. The van der Waals surface area contributed by atoms with Crippen molar-refractivity contribution in [3.63, 3.8) is 0 Å². The number of amides is 2. The fourth-order valence-electron chi connectivity index (χ4n) is 4.61. The van der Waals surface area contributed by atoms with E-state index in [1.165, 1.54) is 11.1 Å². The molecular formula is C26H30N2O5. The van der Waals surface area contributed by atoms with Gasteiger partial charge in [-0.15, -0.1) is 0 Å². The van der Waals surface area contributed by atoms with Gasteiger partial charge in [-0.05, 0) is 40.5 Å². The predicted molar refractivity (Wildman–Crippen MR) is 124 cm³/mol. The molecule has 0 aromatic heterocycles. The Labute approximate surface area is 193 Å². The van der Waals surface area contributed by atoms with Crippen LogP contribution in [0, 0.1) is 23.7 Å². The molecule has 0 bridgehead atoms. The maximum atomic E-state index is 12.6. The number of carboxylic acids is 1. The van der Waals surface area contributed by atoms with Gasteiger partial charge in [0.2, 0.25) is 5.91 Å². The summed E-state index contributed by atoms with van der Waals surface area (Å²) in [5.74, 6) is -1.79. The Bertz CT molecular complexity index is 1000. The Kier molecular flexibility index (Phi) is 6.67. The summed E-state index contributed by atoms with van der Waals surface area (Å²) >= 11 is 0. The number of carboxylic acid groups (broad SMARTS) is 1. The zero-order valence-corrected chi connectivity index (χ0v) is 18.9. The summed E-state index contributed by atoms with van der Waals surface area (Å²) in [6.07, 6.45) is 0.0448. The standard InChI is InChI=1S/C26H30N2O5/c1-15(2)22(24(29)27-12-16-11-21(16)25(30)31)13-28-26(32)33-14-23-19-9-5-3-7-17(19)18-8-4-6-10-20(18)23/h3-10,15-16,21-23H,11-14H2,1-2H3,(H,27,29)(H,28,32)(H,30,31)/t16-,21-,22?/m0/s1. The highest BCUT2D eigenvalue weighted by Crippen LogP contribution is 2.44. The number of nitrogens with one attached hydrogen (secondary N) is 2. The molecule has 7 nitrogen and oxygen atoms in total. The van der Waals surface area contributed by atoms with E-state index in [-0.39, 0.29) is 42.7 Å². The average molecular weight is 451 g/mol. The molecule has 0 heterocycles. The minimum absolute atomic E-state index is 0.00523. The van der Waals surface area contributed by atoms with E-state index in [2.05, 4.69) is 34.9 Å². The van der Waals surface area contributed by atoms with Crippen LogP contribution < -0.4 is 10.6 Å². The summed E-state index contributed by atoms with van der Waals surface area (Å²) in [4.78, 5) is 36.0. The van der Waals surface area contributed by atoms with Crippen LogP contribution in [0.2, 0.25) is 0 Å². The topological polar surface area (TPSA) is 105 Å². The third-order valence-electron chi connectivity index (χ3n) is 6.73. The molecule has 2 amide bonds. The molecule has 7 heteroatoms. The van der Waals surface area contributed by atoms with E-state index in [1.807, 2.05) is 38.1 Å². The molecule has 0 radical (unpaired) electrons. The Morgan fingerprint density at radius 3 is 2.15 bits per heavy atom. The molecule has 1 fully saturated rings. The van der Waals surface area contributed by atoms with Crippen molar-refractivity contribution in [1.29, 1.82) is 0 Å². The lowest BCUT2D eigenvalue weighted by atomic mass is 9.95. The maximum Gasteiger partial charge on any atom is 0.407 e. The number of alkyl carbamates (subject to hydrolysis) is 1. The predicted octanol–water partition coefficient (Wildman–Crippen LogP) is 3.63. The summed E-state index contributed by atoms with van der Waals surface area (Å²) in [6, 6.07) is 16.3. The molecule has 0 spiro atoms. The van der Waals surface area contributed by atoms with Gasteiger partial charge in [-0.2, -0.15) is 0 Å². The number of carbonyl (C=O) groups excluding carboxylic acids is 2. The zero-order chi connectivity index (χ0) is 23.5. The quantitative estimate of drug-likeness (QED) is 0.541. The molecule has 1 unspecified atom stereocenters. The van der Waals surface area contributed by atoms with Gasteiger partial charge in [-0.25, -0.2) is 4.79 Å². The van der Waals surface area contributed by atoms with Gasteiger partial charge < -0.3 is 20.5 Å². The Morgan fingerprint density at radius 1 is 1.00 bits per heavy atom. The van der Waals surface area contributed by atoms with E-state index >= 15 is 0 Å². The van der Waals surface area contributed by atoms with Crippen LogP contribution in [0.4, 0.5) is 4.79 Å². The number of hydrogen-bond acceptors (Lipinski definition) is 4. The van der Waals surface area contributed by atoms with Gasteiger partial charge in [0, 0.05) is 19.0 Å². The number of rotatable bonds is 9. The normalized spacial score (nSPS) is 19.4. The number of fused-ring (bicyclic) bond motifs is 3. The Balaban J connectivity index is 1.29. The van der Waals surface area contributed by atoms with Crippen molar-refractivity contribution < 1.29 is 24.2 Å². The molecule has 3 atom stereocenters. The van der Waals surface area contributed by atoms with Crippen molar-refractivity contribution in [2.75, 3.05) is 19.7 Å². The molecule has 4 rings (SSSR count). The third kappa shape index (κ3) is 5.02. The monoisotopic (exact) mass is 450 g/mol. The number of benzene rings is 2. The van der Waals surface area contributed by atoms with Crippen LogP contribution in [0.1, 0.15) is 37.3 Å². The smallest absolute Gasteiger partial charge is 0.407 e. The van der Waals surface area contributed by atoms with Crippen LogP contribution in [0.15, 0.2) is 48.5 Å². The maximum absolute atomic E-state index is 12.6. The van der Waals surface area contributed by atoms with Gasteiger partial charge in [0.1, 0.15) is 6.61 Å². The molecule has 2 aromatic carbocycles. The van der Waals surface area contributed by atoms with Crippen molar-refractivity contribution >= 4 is 18.0 Å². The van der Waals surface area contributed by atoms with E-state index in [0.29, 0.717) is 13.0 Å². The van der Waals surface area contributed by atoms with Crippen LogP contribution in [0.3, 0.4) is 0 Å². The number of hydrogen-bond donors (Lipinski definition) is 3. The summed E-state index contributed by atoms with van der Waals surface area (Å²) in [7, 11) is 0. The second kappa shape index (κ2) is 9.65. The summed E-state index contributed by atoms with van der Waals surface area (Å²) in [6.45, 7) is 4.56. The lowest BCUT2D eigenvalue weighted by Gasteiger charge is -2.21. The second-order valence-corrected chi connectivity index (χ2v) is 9.24. The van der Waals surface area contributed by atoms with Crippen LogP contribution in [-0.4, -0.2) is 42.8 Å². The van der Waals surface area contributed by atoms with E-state index in [0.717, 1.165) is 11.1 Å². The van der Waals surface area contributed by atoms with E-state index in [9.17, 15) is 14.4 Å². The molecule has 33 heavy (non-hydrogen) atoms. The van der Waals surface area contributed by atoms with Gasteiger partial charge >= 0.3 is 12.1 Å². The first-order valence-electron chi connectivity index (χ1n) is 11.5. The first kappa shape index (κ1) is 22.8. The van der Waals surface area contributed by atoms with Gasteiger partial charge in [-0.3, -0.25) is 9.59 Å². The molecule has 2 aliphatic rings. The average Bonchev–Trinajstić information content (AvgIpc) is 3.52. The highest BCUT2D eigenvalue weighted by atomic mass is 16.5. The Hall–Kier alpha value is -3.35. The highest BCUT2D eigenvalue weighted by molar-refractivity contribution is 5.81. The molecule has 2 aromatic rings. The molecule has 0 aliphatic heterocycles. The fraction of sp³-hybridized carbons (Fsp3) is 0.423. The molecular weight excluding hydrogens is 420 g/mol. The lowest BCUT2D eigenvalue weighted by molar-refractivity contribution is -0.139. The molecule has 0 saturated heterocycles. The second-order valence-electron chi connectivity index (χ2n) is 9.24. The fourth-order valence-corrected chi connectivity index (χ4v) is 4.61. The largest absolute Gasteiger partial charge is 0.481 e. The SMILES string of the molecule is CC(C)C(CNC(=O)OCC1c2ccccc2-c2ccccc21)C(=O)NC[C@@H]1C[C@@H]1C(=O)O. The van der Waals surface area contributed by atoms with Crippen LogP contribution in [-0.2, 0) is 14.3 Å². The zero-order valence-electron chi connectivity index (χ0n) is 18.9. The van der Waals surface area contributed by atoms with Gasteiger partial charge in [0.15, 0.2) is 0 Å². The van der Waals surface area contributed by atoms with Gasteiger partial charge in [-0.1, -0.05) is 62.4 Å². The lowest BCUT2D eigenvalue weighted by Crippen LogP contribution is -2.42. The molecule has 2 aliphatic carbocycles. The van der Waals surface area contributed by atoms with Gasteiger partial charge in [0.25, 0.3) is 0 Å². The van der Waals surface area contributed by atoms with Crippen LogP contribution in [0.5, 0.6) is 0 Å². The number of carbonyl (C=O) groups is 3. The van der Waals surface area contributed by atoms with Crippen molar-refractivity contribution in [3.8, 4) is 11.1 Å². The first-order chi connectivity index (χ1) is 15.9. The molecule has 3 N–H and O–H groups in total. The molecule has 1 saturated carbocycles. The van der Waals surface area contributed by atoms with Crippen molar-refractivity contribution in [2.45, 2.75) is 26.2 Å². The summed E-state index contributed by atoms with van der Waals surface area (Å²) < 4.78 is 5.55. The van der Waals surface area contributed by atoms with E-state index in [4.69, 9.17) is 9.84 Å². The number of ether oxygens (including phenoxy) is 1. The summed E-state index contributed by atoms with van der Waals surface area (Å²) in [5.41, 5.74) is 4.62. The third-order valence-corrected chi connectivity index (χ3v) is 6.73. The number of aliphatic carboxylic acids is 1. The highest BCUT2D eigenvalue weighted by Gasteiger charge is 2.43. The van der Waals surface area contributed by atoms with Crippen LogP contribution in [0.25, 0.3) is 11.1 Å². The minimum Gasteiger partial charge on any atom is -0.481 e. The van der Waals surface area contributed by atoms with Crippen molar-refractivity contribution in [1.82, 2.24) is 10.6 Å². The minimum atomic E-state index is -0.813. The van der Waals surface area contributed by atoms with Gasteiger partial charge in [0.05, 0.1) is 11.8 Å². The van der Waals surface area contributed by atoms with E-state index < -0.39 is 18.0 Å². The summed E-state index contributed by atoms with van der Waals surface area (Å²) in [5, 5.41) is 14.6. The Morgan fingerprint density at radius 2 is 1.61 bits per heavy atom. The van der Waals surface area contributed by atoms with Crippen molar-refractivity contribution in [3.05, 3.63) is 59.7 Å².